The Morgan fingerprint density at radius 3 is 2.31 bits per heavy atom. The molecular weight excluding hydrogens is 350 g/mol. The van der Waals surface area contributed by atoms with E-state index in [1.165, 1.54) is 69.1 Å². The summed E-state index contributed by atoms with van der Waals surface area (Å²) in [4.78, 5) is 15.7. The van der Waals surface area contributed by atoms with Gasteiger partial charge < -0.3 is 14.6 Å². The quantitative estimate of drug-likeness (QED) is 0.309. The molecule has 1 unspecified atom stereocenters. The molecule has 6 heteroatoms. The molecule has 0 aliphatic rings. The van der Waals surface area contributed by atoms with Crippen LogP contribution in [0, 0.1) is 0 Å². The standard InChI is InChI=1S/C20H35NO4S/c1-3-5-6-7-8-9-10-11-12-13-14-24-15-18(22)19-21-17(16-26-19)20(23)25-4-2/h16,18,22H,3-15H2,1-2H3. The number of aliphatic hydroxyl groups excluding tert-OH is 1. The van der Waals surface area contributed by atoms with Crippen LogP contribution < -0.4 is 0 Å². The summed E-state index contributed by atoms with van der Waals surface area (Å²) in [5, 5.41) is 12.2. The van der Waals surface area contributed by atoms with Crippen LogP contribution in [-0.4, -0.2) is 35.9 Å². The molecule has 0 aliphatic heterocycles. The summed E-state index contributed by atoms with van der Waals surface area (Å²) in [6, 6.07) is 0. The Kier molecular flexibility index (Phi) is 13.4. The molecule has 0 amide bonds. The van der Waals surface area contributed by atoms with Crippen LogP contribution >= 0.6 is 11.3 Å². The third kappa shape index (κ3) is 10.2. The fourth-order valence-electron chi connectivity index (χ4n) is 2.70. The van der Waals surface area contributed by atoms with Crippen LogP contribution in [0.15, 0.2) is 5.38 Å². The zero-order valence-electron chi connectivity index (χ0n) is 16.4. The first-order valence-electron chi connectivity index (χ1n) is 10.1. The lowest BCUT2D eigenvalue weighted by Crippen LogP contribution is -2.09. The lowest BCUT2D eigenvalue weighted by atomic mass is 10.1. The van der Waals surface area contributed by atoms with Gasteiger partial charge in [-0.25, -0.2) is 9.78 Å². The number of thiazole rings is 1. The number of unbranched alkanes of at least 4 members (excludes halogenated alkanes) is 9. The molecule has 1 aromatic heterocycles. The molecule has 0 saturated carbocycles. The van der Waals surface area contributed by atoms with E-state index >= 15 is 0 Å². The molecule has 0 bridgehead atoms. The molecule has 0 spiro atoms. The van der Waals surface area contributed by atoms with Crippen molar-refractivity contribution < 1.29 is 19.4 Å². The van der Waals surface area contributed by atoms with Gasteiger partial charge in [-0.2, -0.15) is 0 Å². The fraction of sp³-hybridized carbons (Fsp3) is 0.800. The number of esters is 1. The van der Waals surface area contributed by atoms with Crippen molar-refractivity contribution in [1.29, 1.82) is 0 Å². The Balaban J connectivity index is 2.00. The Morgan fingerprint density at radius 1 is 1.08 bits per heavy atom. The summed E-state index contributed by atoms with van der Waals surface area (Å²) < 4.78 is 10.4. The molecule has 0 radical (unpaired) electrons. The fourth-order valence-corrected chi connectivity index (χ4v) is 3.45. The minimum Gasteiger partial charge on any atom is -0.461 e. The van der Waals surface area contributed by atoms with Crippen LogP contribution in [0.1, 0.15) is 99.7 Å². The molecule has 0 aliphatic carbocycles. The zero-order valence-corrected chi connectivity index (χ0v) is 17.2. The summed E-state index contributed by atoms with van der Waals surface area (Å²) in [7, 11) is 0. The zero-order chi connectivity index (χ0) is 19.0. The van der Waals surface area contributed by atoms with Crippen molar-refractivity contribution in [3.05, 3.63) is 16.1 Å². The van der Waals surface area contributed by atoms with Crippen molar-refractivity contribution in [2.24, 2.45) is 0 Å². The summed E-state index contributed by atoms with van der Waals surface area (Å²) >= 11 is 1.25. The molecular formula is C20H35NO4S. The van der Waals surface area contributed by atoms with Crippen LogP contribution in [0.3, 0.4) is 0 Å². The second kappa shape index (κ2) is 15.1. The maximum Gasteiger partial charge on any atom is 0.357 e. The van der Waals surface area contributed by atoms with Gasteiger partial charge in [0.2, 0.25) is 0 Å². The van der Waals surface area contributed by atoms with Gasteiger partial charge in [0.15, 0.2) is 5.69 Å². The van der Waals surface area contributed by atoms with Crippen LogP contribution in [0.4, 0.5) is 0 Å². The number of aliphatic hydroxyl groups is 1. The van der Waals surface area contributed by atoms with Gasteiger partial charge in [0.05, 0.1) is 13.2 Å². The van der Waals surface area contributed by atoms with E-state index in [1.54, 1.807) is 12.3 Å². The Hall–Kier alpha value is -0.980. The Morgan fingerprint density at radius 2 is 1.69 bits per heavy atom. The average Bonchev–Trinajstić information content (AvgIpc) is 3.13. The van der Waals surface area contributed by atoms with E-state index in [4.69, 9.17) is 9.47 Å². The van der Waals surface area contributed by atoms with E-state index in [1.807, 2.05) is 0 Å². The highest BCUT2D eigenvalue weighted by Crippen LogP contribution is 2.19. The smallest absolute Gasteiger partial charge is 0.357 e. The van der Waals surface area contributed by atoms with Crippen molar-refractivity contribution in [1.82, 2.24) is 4.98 Å². The predicted octanol–water partition coefficient (Wildman–Crippen LogP) is 5.29. The highest BCUT2D eigenvalue weighted by Gasteiger charge is 2.16. The van der Waals surface area contributed by atoms with Crippen molar-refractivity contribution in [3.8, 4) is 0 Å². The molecule has 1 N–H and O–H groups in total. The largest absolute Gasteiger partial charge is 0.461 e. The van der Waals surface area contributed by atoms with Crippen molar-refractivity contribution in [2.75, 3.05) is 19.8 Å². The summed E-state index contributed by atoms with van der Waals surface area (Å²) in [6.07, 6.45) is 12.1. The number of aromatic nitrogens is 1. The minimum absolute atomic E-state index is 0.215. The Labute approximate surface area is 162 Å². The van der Waals surface area contributed by atoms with Crippen molar-refractivity contribution in [2.45, 2.75) is 84.2 Å². The lowest BCUT2D eigenvalue weighted by Gasteiger charge is -2.08. The second-order valence-electron chi connectivity index (χ2n) is 6.56. The van der Waals surface area contributed by atoms with Crippen LogP contribution in [0.25, 0.3) is 0 Å². The molecule has 1 aromatic rings. The van der Waals surface area contributed by atoms with Gasteiger partial charge in [-0.1, -0.05) is 64.7 Å². The number of rotatable bonds is 16. The first-order valence-corrected chi connectivity index (χ1v) is 10.9. The topological polar surface area (TPSA) is 68.7 Å². The maximum absolute atomic E-state index is 11.6. The summed E-state index contributed by atoms with van der Waals surface area (Å²) in [6.45, 7) is 5.19. The monoisotopic (exact) mass is 385 g/mol. The third-order valence-electron chi connectivity index (χ3n) is 4.21. The number of nitrogens with zero attached hydrogens (tertiary/aromatic N) is 1. The SMILES string of the molecule is CCCCCCCCCCCCOCC(O)c1nc(C(=O)OCC)cs1. The molecule has 0 saturated heterocycles. The third-order valence-corrected chi connectivity index (χ3v) is 5.16. The lowest BCUT2D eigenvalue weighted by molar-refractivity contribution is 0.0340. The van der Waals surface area contributed by atoms with Gasteiger partial charge in [-0.3, -0.25) is 0 Å². The van der Waals surface area contributed by atoms with Gasteiger partial charge in [0.25, 0.3) is 0 Å². The Bertz CT molecular complexity index is 478. The van der Waals surface area contributed by atoms with E-state index in [0.29, 0.717) is 18.2 Å². The number of ether oxygens (including phenoxy) is 2. The van der Waals surface area contributed by atoms with E-state index in [-0.39, 0.29) is 12.3 Å². The molecule has 150 valence electrons. The van der Waals surface area contributed by atoms with Gasteiger partial charge in [-0.15, -0.1) is 11.3 Å². The average molecular weight is 386 g/mol. The maximum atomic E-state index is 11.6. The van der Waals surface area contributed by atoms with E-state index < -0.39 is 12.1 Å². The number of carbonyl (C=O) groups is 1. The number of carbonyl (C=O) groups excluding carboxylic acids is 1. The molecule has 26 heavy (non-hydrogen) atoms. The van der Waals surface area contributed by atoms with Crippen molar-refractivity contribution in [3.63, 3.8) is 0 Å². The molecule has 1 atom stereocenters. The molecule has 5 nitrogen and oxygen atoms in total. The minimum atomic E-state index is -0.786. The first-order chi connectivity index (χ1) is 12.7. The molecule has 1 rings (SSSR count). The van der Waals surface area contributed by atoms with E-state index in [0.717, 1.165) is 6.42 Å². The van der Waals surface area contributed by atoms with Gasteiger partial charge in [-0.05, 0) is 13.3 Å². The molecule has 0 aromatic carbocycles. The first kappa shape index (κ1) is 23.1. The molecule has 0 fully saturated rings. The normalized spacial score (nSPS) is 12.3. The summed E-state index contributed by atoms with van der Waals surface area (Å²) in [5.74, 6) is -0.450. The predicted molar refractivity (Wildman–Crippen MR) is 106 cm³/mol. The summed E-state index contributed by atoms with van der Waals surface area (Å²) in [5.41, 5.74) is 0.251. The van der Waals surface area contributed by atoms with Crippen LogP contribution in [-0.2, 0) is 9.47 Å². The van der Waals surface area contributed by atoms with Crippen LogP contribution in [0.2, 0.25) is 0 Å². The van der Waals surface area contributed by atoms with Gasteiger partial charge in [0, 0.05) is 12.0 Å². The van der Waals surface area contributed by atoms with E-state index in [9.17, 15) is 9.90 Å². The van der Waals surface area contributed by atoms with Crippen molar-refractivity contribution >= 4 is 17.3 Å². The van der Waals surface area contributed by atoms with Gasteiger partial charge >= 0.3 is 5.97 Å². The van der Waals surface area contributed by atoms with Gasteiger partial charge in [0.1, 0.15) is 11.1 Å². The number of hydrogen-bond acceptors (Lipinski definition) is 6. The highest BCUT2D eigenvalue weighted by molar-refractivity contribution is 7.09. The second-order valence-corrected chi connectivity index (χ2v) is 7.45. The van der Waals surface area contributed by atoms with E-state index in [2.05, 4.69) is 11.9 Å². The highest BCUT2D eigenvalue weighted by atomic mass is 32.1. The number of hydrogen-bond donors (Lipinski definition) is 1. The molecule has 1 heterocycles. The van der Waals surface area contributed by atoms with Crippen LogP contribution in [0.5, 0.6) is 0 Å².